The molecule has 2 rings (SSSR count). The summed E-state index contributed by atoms with van der Waals surface area (Å²) in [5, 5.41) is 9.04. The number of aliphatic carboxylic acids is 1. The highest BCUT2D eigenvalue weighted by Gasteiger charge is 2.24. The van der Waals surface area contributed by atoms with E-state index in [-0.39, 0.29) is 0 Å². The van der Waals surface area contributed by atoms with Crippen LogP contribution in [0.15, 0.2) is 0 Å². The Morgan fingerprint density at radius 2 is 1.80 bits per heavy atom. The molecule has 1 aliphatic carbocycles. The predicted octanol–water partition coefficient (Wildman–Crippen LogP) is 2.15. The van der Waals surface area contributed by atoms with E-state index in [0.717, 1.165) is 29.7 Å². The molecular formula is C16H23NO3. The van der Waals surface area contributed by atoms with E-state index in [1.165, 1.54) is 29.5 Å². The minimum absolute atomic E-state index is 0.318. The van der Waals surface area contributed by atoms with Crippen LogP contribution in [0.2, 0.25) is 0 Å². The van der Waals surface area contributed by atoms with Gasteiger partial charge in [0.1, 0.15) is 11.8 Å². The maximum absolute atomic E-state index is 11.0. The van der Waals surface area contributed by atoms with Crippen LogP contribution < -0.4 is 10.5 Å². The molecule has 1 unspecified atom stereocenters. The van der Waals surface area contributed by atoms with Crippen LogP contribution in [0.4, 0.5) is 0 Å². The number of benzene rings is 1. The van der Waals surface area contributed by atoms with Crippen LogP contribution in [0.25, 0.3) is 0 Å². The highest BCUT2D eigenvalue weighted by atomic mass is 16.5. The Kier molecular flexibility index (Phi) is 4.33. The zero-order chi connectivity index (χ0) is 14.9. The van der Waals surface area contributed by atoms with Crippen LogP contribution in [0, 0.1) is 13.8 Å². The molecule has 0 amide bonds. The molecule has 0 heterocycles. The van der Waals surface area contributed by atoms with Gasteiger partial charge in [-0.3, -0.25) is 4.79 Å². The van der Waals surface area contributed by atoms with Crippen LogP contribution in [0.3, 0.4) is 0 Å². The van der Waals surface area contributed by atoms with Gasteiger partial charge in [-0.15, -0.1) is 0 Å². The van der Waals surface area contributed by atoms with Gasteiger partial charge in [0, 0.05) is 6.42 Å². The van der Waals surface area contributed by atoms with Crippen LogP contribution >= 0.6 is 0 Å². The van der Waals surface area contributed by atoms with Gasteiger partial charge in [-0.1, -0.05) is 0 Å². The first-order valence-electron chi connectivity index (χ1n) is 7.13. The highest BCUT2D eigenvalue weighted by molar-refractivity contribution is 5.74. The number of carboxylic acids is 1. The first kappa shape index (κ1) is 14.9. The molecule has 0 bridgehead atoms. The van der Waals surface area contributed by atoms with Gasteiger partial charge in [0.2, 0.25) is 0 Å². The van der Waals surface area contributed by atoms with Crippen LogP contribution in [0.5, 0.6) is 5.75 Å². The number of nitrogens with two attached hydrogens (primary N) is 1. The van der Waals surface area contributed by atoms with Gasteiger partial charge in [0.05, 0.1) is 7.11 Å². The average molecular weight is 277 g/mol. The molecule has 1 aromatic carbocycles. The number of ether oxygens (including phenoxy) is 1. The summed E-state index contributed by atoms with van der Waals surface area (Å²) in [6.07, 6.45) is 4.89. The van der Waals surface area contributed by atoms with Gasteiger partial charge in [-0.2, -0.15) is 0 Å². The minimum Gasteiger partial charge on any atom is -0.496 e. The molecule has 20 heavy (non-hydrogen) atoms. The van der Waals surface area contributed by atoms with Gasteiger partial charge in [0.15, 0.2) is 0 Å². The topological polar surface area (TPSA) is 72.5 Å². The largest absolute Gasteiger partial charge is 0.496 e. The van der Waals surface area contributed by atoms with Crippen molar-refractivity contribution >= 4 is 5.97 Å². The maximum atomic E-state index is 11.0. The van der Waals surface area contributed by atoms with Gasteiger partial charge in [0.25, 0.3) is 0 Å². The normalized spacial score (nSPS) is 15.6. The van der Waals surface area contributed by atoms with Crippen molar-refractivity contribution in [3.05, 3.63) is 27.8 Å². The quantitative estimate of drug-likeness (QED) is 0.884. The van der Waals surface area contributed by atoms with Crippen LogP contribution in [0.1, 0.15) is 40.7 Å². The summed E-state index contributed by atoms with van der Waals surface area (Å²) in [7, 11) is 1.65. The number of hydrogen-bond acceptors (Lipinski definition) is 3. The van der Waals surface area contributed by atoms with Crippen molar-refractivity contribution in [2.45, 2.75) is 52.0 Å². The van der Waals surface area contributed by atoms with Crippen molar-refractivity contribution in [3.63, 3.8) is 0 Å². The monoisotopic (exact) mass is 277 g/mol. The van der Waals surface area contributed by atoms with Crippen molar-refractivity contribution in [2.75, 3.05) is 7.11 Å². The van der Waals surface area contributed by atoms with E-state index in [2.05, 4.69) is 13.8 Å². The fourth-order valence-electron chi connectivity index (χ4n) is 3.28. The molecule has 0 saturated carbocycles. The number of hydrogen-bond donors (Lipinski definition) is 2. The van der Waals surface area contributed by atoms with E-state index >= 15 is 0 Å². The molecule has 1 aromatic rings. The second-order valence-corrected chi connectivity index (χ2v) is 5.57. The Balaban J connectivity index is 2.54. The lowest BCUT2D eigenvalue weighted by Gasteiger charge is -2.26. The standard InChI is InChI=1S/C16H23NO3/c1-9-11-6-4-5-7-12(11)10(2)15(20-3)13(9)8-14(17)16(18)19/h14H,4-8,17H2,1-3H3,(H,18,19). The Hall–Kier alpha value is -1.55. The van der Waals surface area contributed by atoms with E-state index in [0.29, 0.717) is 6.42 Å². The zero-order valence-electron chi connectivity index (χ0n) is 12.5. The molecular weight excluding hydrogens is 254 g/mol. The molecule has 110 valence electrons. The fraction of sp³-hybridized carbons (Fsp3) is 0.562. The summed E-state index contributed by atoms with van der Waals surface area (Å²) >= 11 is 0. The fourth-order valence-corrected chi connectivity index (χ4v) is 3.28. The smallest absolute Gasteiger partial charge is 0.320 e. The van der Waals surface area contributed by atoms with Gasteiger partial charge in [-0.05, 0) is 67.3 Å². The molecule has 3 N–H and O–H groups in total. The molecule has 0 saturated heterocycles. The molecule has 0 aromatic heterocycles. The molecule has 0 radical (unpaired) electrons. The van der Waals surface area contributed by atoms with E-state index < -0.39 is 12.0 Å². The molecule has 4 heteroatoms. The highest BCUT2D eigenvalue weighted by Crippen LogP contribution is 2.37. The SMILES string of the molecule is COc1c(C)c2c(c(C)c1CC(N)C(=O)O)CCCC2. The van der Waals surface area contributed by atoms with Crippen molar-refractivity contribution in [1.29, 1.82) is 0 Å². The summed E-state index contributed by atoms with van der Waals surface area (Å²) in [6.45, 7) is 4.13. The number of carbonyl (C=O) groups is 1. The summed E-state index contributed by atoms with van der Waals surface area (Å²) < 4.78 is 5.56. The maximum Gasteiger partial charge on any atom is 0.320 e. The third kappa shape index (κ3) is 2.52. The third-order valence-corrected chi connectivity index (χ3v) is 4.39. The Morgan fingerprint density at radius 3 is 2.30 bits per heavy atom. The van der Waals surface area contributed by atoms with Crippen LogP contribution in [-0.4, -0.2) is 24.2 Å². The third-order valence-electron chi connectivity index (χ3n) is 4.39. The molecule has 1 atom stereocenters. The van der Waals surface area contributed by atoms with Crippen molar-refractivity contribution in [1.82, 2.24) is 0 Å². The Labute approximate surface area is 119 Å². The van der Waals surface area contributed by atoms with Gasteiger partial charge < -0.3 is 15.6 Å². The van der Waals surface area contributed by atoms with Gasteiger partial charge in [-0.25, -0.2) is 0 Å². The number of rotatable bonds is 4. The summed E-state index contributed by atoms with van der Waals surface area (Å²) in [4.78, 5) is 11.0. The zero-order valence-corrected chi connectivity index (χ0v) is 12.5. The molecule has 0 aliphatic heterocycles. The van der Waals surface area contributed by atoms with E-state index in [1.807, 2.05) is 0 Å². The Bertz CT molecular complexity index is 537. The van der Waals surface area contributed by atoms with E-state index in [1.54, 1.807) is 7.11 Å². The van der Waals surface area contributed by atoms with Crippen molar-refractivity contribution in [2.24, 2.45) is 5.73 Å². The molecule has 4 nitrogen and oxygen atoms in total. The summed E-state index contributed by atoms with van der Waals surface area (Å²) in [5.41, 5.74) is 11.8. The first-order chi connectivity index (χ1) is 9.47. The number of carboxylic acid groups (broad SMARTS) is 1. The Morgan fingerprint density at radius 1 is 1.25 bits per heavy atom. The van der Waals surface area contributed by atoms with Crippen LogP contribution in [-0.2, 0) is 24.1 Å². The second-order valence-electron chi connectivity index (χ2n) is 5.57. The summed E-state index contributed by atoms with van der Waals surface area (Å²) in [5.74, 6) is -0.151. The molecule has 0 spiro atoms. The van der Waals surface area contributed by atoms with Crippen molar-refractivity contribution in [3.8, 4) is 5.75 Å². The summed E-state index contributed by atoms with van der Waals surface area (Å²) in [6, 6.07) is -0.886. The minimum atomic E-state index is -0.971. The van der Waals surface area contributed by atoms with E-state index in [9.17, 15) is 4.79 Å². The lowest BCUT2D eigenvalue weighted by molar-refractivity contribution is -0.138. The lowest BCUT2D eigenvalue weighted by atomic mass is 9.81. The second kappa shape index (κ2) is 5.83. The number of fused-ring (bicyclic) bond motifs is 1. The van der Waals surface area contributed by atoms with Crippen molar-refractivity contribution < 1.29 is 14.6 Å². The number of methoxy groups -OCH3 is 1. The average Bonchev–Trinajstić information content (AvgIpc) is 2.44. The first-order valence-corrected chi connectivity index (χ1v) is 7.13. The van der Waals surface area contributed by atoms with E-state index in [4.69, 9.17) is 15.6 Å². The molecule has 0 fully saturated rings. The van der Waals surface area contributed by atoms with Gasteiger partial charge >= 0.3 is 5.97 Å². The molecule has 1 aliphatic rings. The lowest BCUT2D eigenvalue weighted by Crippen LogP contribution is -2.33. The predicted molar refractivity (Wildman–Crippen MR) is 78.4 cm³/mol.